The Kier molecular flexibility index (Phi) is 6.85. The highest BCUT2D eigenvalue weighted by molar-refractivity contribution is 7.81. The van der Waals surface area contributed by atoms with Crippen LogP contribution >= 0.6 is 12.6 Å². The highest BCUT2D eigenvalue weighted by Crippen LogP contribution is 2.03. The van der Waals surface area contributed by atoms with E-state index in [1.54, 1.807) is 0 Å². The first-order chi connectivity index (χ1) is 5.66. The average molecular weight is 190 g/mol. The van der Waals surface area contributed by atoms with Crippen LogP contribution in [0.4, 0.5) is 0 Å². The van der Waals surface area contributed by atoms with E-state index in [1.165, 1.54) is 0 Å². The summed E-state index contributed by atoms with van der Waals surface area (Å²) in [6.07, 6.45) is 2.99. The highest BCUT2D eigenvalue weighted by Gasteiger charge is 1.99. The fourth-order valence-electron chi connectivity index (χ4n) is 0.854. The van der Waals surface area contributed by atoms with Gasteiger partial charge in [-0.3, -0.25) is 9.59 Å². The lowest BCUT2D eigenvalue weighted by molar-refractivity contribution is -0.137. The number of ketones is 1. The van der Waals surface area contributed by atoms with Gasteiger partial charge in [0, 0.05) is 18.6 Å². The van der Waals surface area contributed by atoms with Gasteiger partial charge in [-0.25, -0.2) is 0 Å². The second kappa shape index (κ2) is 7.16. The molecule has 0 atom stereocenters. The molecule has 12 heavy (non-hydrogen) atoms. The van der Waals surface area contributed by atoms with Crippen LogP contribution in [0.1, 0.15) is 32.1 Å². The van der Waals surface area contributed by atoms with E-state index in [-0.39, 0.29) is 12.2 Å². The molecule has 0 radical (unpaired) electrons. The van der Waals surface area contributed by atoms with Crippen molar-refractivity contribution in [2.75, 3.05) is 5.75 Å². The topological polar surface area (TPSA) is 54.4 Å². The van der Waals surface area contributed by atoms with Gasteiger partial charge >= 0.3 is 5.97 Å². The minimum absolute atomic E-state index is 0.133. The third kappa shape index (κ3) is 7.60. The lowest BCUT2D eigenvalue weighted by Gasteiger charge is -1.96. The highest BCUT2D eigenvalue weighted by atomic mass is 32.1. The monoisotopic (exact) mass is 190 g/mol. The van der Waals surface area contributed by atoms with Gasteiger partial charge in [0.1, 0.15) is 5.78 Å². The molecule has 1 N–H and O–H groups in total. The smallest absolute Gasteiger partial charge is 0.303 e. The first kappa shape index (κ1) is 11.5. The molecule has 0 heterocycles. The van der Waals surface area contributed by atoms with Crippen molar-refractivity contribution in [2.45, 2.75) is 32.1 Å². The molecule has 0 saturated heterocycles. The van der Waals surface area contributed by atoms with Crippen LogP contribution in [0.2, 0.25) is 0 Å². The molecule has 0 amide bonds. The van der Waals surface area contributed by atoms with Crippen molar-refractivity contribution in [1.29, 1.82) is 0 Å². The van der Waals surface area contributed by atoms with Crippen molar-refractivity contribution in [1.82, 2.24) is 0 Å². The second-order valence-corrected chi connectivity index (χ2v) is 2.97. The maximum atomic E-state index is 10.7. The standard InChI is InChI=1S/C8H14O3S/c9-7(6-12)4-2-1-3-5-8(10)11/h12H,1-6H2,(H,10,11). The van der Waals surface area contributed by atoms with E-state index in [1.807, 2.05) is 0 Å². The van der Waals surface area contributed by atoms with Gasteiger partial charge in [-0.05, 0) is 12.8 Å². The van der Waals surface area contributed by atoms with Gasteiger partial charge in [0.2, 0.25) is 0 Å². The van der Waals surface area contributed by atoms with Gasteiger partial charge in [-0.2, -0.15) is 12.6 Å². The Bertz CT molecular complexity index is 156. The summed E-state index contributed by atoms with van der Waals surface area (Å²) in [6, 6.07) is 0. The number of hydrogen-bond acceptors (Lipinski definition) is 3. The molecule has 0 rings (SSSR count). The van der Waals surface area contributed by atoms with Gasteiger partial charge in [0.15, 0.2) is 0 Å². The Morgan fingerprint density at radius 2 is 1.67 bits per heavy atom. The SMILES string of the molecule is O=C(O)CCCCCC(=O)CS. The summed E-state index contributed by atoms with van der Waals surface area (Å²) in [6.45, 7) is 0. The molecule has 4 heteroatoms. The number of carbonyl (C=O) groups excluding carboxylic acids is 1. The van der Waals surface area contributed by atoms with Crippen LogP contribution in [-0.4, -0.2) is 22.6 Å². The van der Waals surface area contributed by atoms with Gasteiger partial charge in [-0.15, -0.1) is 0 Å². The van der Waals surface area contributed by atoms with E-state index in [0.717, 1.165) is 12.8 Å². The number of carboxylic acids is 1. The van der Waals surface area contributed by atoms with Crippen LogP contribution in [0, 0.1) is 0 Å². The van der Waals surface area contributed by atoms with E-state index in [0.29, 0.717) is 18.6 Å². The third-order valence-electron chi connectivity index (χ3n) is 1.52. The van der Waals surface area contributed by atoms with Crippen molar-refractivity contribution in [3.05, 3.63) is 0 Å². The summed E-state index contributed by atoms with van der Waals surface area (Å²) >= 11 is 3.83. The minimum atomic E-state index is -0.768. The normalized spacial score (nSPS) is 9.75. The number of hydrogen-bond donors (Lipinski definition) is 2. The van der Waals surface area contributed by atoms with E-state index < -0.39 is 5.97 Å². The molecule has 0 saturated carbocycles. The molecule has 0 fully saturated rings. The molecular formula is C8H14O3S. The summed E-state index contributed by atoms with van der Waals surface area (Å²) in [7, 11) is 0. The quantitative estimate of drug-likeness (QED) is 0.472. The molecule has 0 aliphatic heterocycles. The Labute approximate surface area is 77.6 Å². The minimum Gasteiger partial charge on any atom is -0.481 e. The molecule has 0 unspecified atom stereocenters. The number of carboxylic acid groups (broad SMARTS) is 1. The van der Waals surface area contributed by atoms with Gasteiger partial charge in [0.25, 0.3) is 0 Å². The Hall–Kier alpha value is -0.510. The maximum Gasteiger partial charge on any atom is 0.303 e. The van der Waals surface area contributed by atoms with Crippen LogP contribution in [0.25, 0.3) is 0 Å². The summed E-state index contributed by atoms with van der Waals surface area (Å²) in [5, 5.41) is 8.29. The molecule has 0 aromatic rings. The fourth-order valence-corrected chi connectivity index (χ4v) is 1.01. The summed E-state index contributed by atoms with van der Waals surface area (Å²) < 4.78 is 0. The van der Waals surface area contributed by atoms with Crippen molar-refractivity contribution < 1.29 is 14.7 Å². The molecule has 0 aliphatic rings. The largest absolute Gasteiger partial charge is 0.481 e. The molecule has 70 valence electrons. The molecule has 0 bridgehead atoms. The Balaban J connectivity index is 3.11. The van der Waals surface area contributed by atoms with E-state index >= 15 is 0 Å². The van der Waals surface area contributed by atoms with Crippen LogP contribution in [0.5, 0.6) is 0 Å². The first-order valence-corrected chi connectivity index (χ1v) is 4.64. The number of carbonyl (C=O) groups is 2. The van der Waals surface area contributed by atoms with Crippen molar-refractivity contribution in [3.8, 4) is 0 Å². The Morgan fingerprint density at radius 1 is 1.08 bits per heavy atom. The molecule has 3 nitrogen and oxygen atoms in total. The van der Waals surface area contributed by atoms with Crippen LogP contribution in [0.3, 0.4) is 0 Å². The van der Waals surface area contributed by atoms with Crippen LogP contribution in [0.15, 0.2) is 0 Å². The molecular weight excluding hydrogens is 176 g/mol. The summed E-state index contributed by atoms with van der Waals surface area (Å²) in [4.78, 5) is 20.8. The molecule has 0 spiro atoms. The number of aliphatic carboxylic acids is 1. The number of Topliss-reactive ketones (excluding diaryl/α,β-unsaturated/α-hetero) is 1. The lowest BCUT2D eigenvalue weighted by atomic mass is 10.1. The predicted molar refractivity (Wildman–Crippen MR) is 49.6 cm³/mol. The fraction of sp³-hybridized carbons (Fsp3) is 0.750. The zero-order chi connectivity index (χ0) is 9.40. The van der Waals surface area contributed by atoms with E-state index in [9.17, 15) is 9.59 Å². The first-order valence-electron chi connectivity index (χ1n) is 4.01. The van der Waals surface area contributed by atoms with Crippen LogP contribution in [-0.2, 0) is 9.59 Å². The van der Waals surface area contributed by atoms with E-state index in [4.69, 9.17) is 5.11 Å². The maximum absolute atomic E-state index is 10.7. The zero-order valence-corrected chi connectivity index (χ0v) is 7.85. The number of unbranched alkanes of at least 4 members (excludes halogenated alkanes) is 2. The van der Waals surface area contributed by atoms with Crippen molar-refractivity contribution in [2.24, 2.45) is 0 Å². The van der Waals surface area contributed by atoms with Crippen LogP contribution < -0.4 is 0 Å². The number of thiol groups is 1. The van der Waals surface area contributed by atoms with Gasteiger partial charge < -0.3 is 5.11 Å². The number of rotatable bonds is 7. The van der Waals surface area contributed by atoms with Gasteiger partial charge in [-0.1, -0.05) is 6.42 Å². The van der Waals surface area contributed by atoms with Crippen molar-refractivity contribution in [3.63, 3.8) is 0 Å². The summed E-state index contributed by atoms with van der Waals surface area (Å²) in [5.41, 5.74) is 0. The molecule has 0 aromatic heterocycles. The van der Waals surface area contributed by atoms with E-state index in [2.05, 4.69) is 12.6 Å². The third-order valence-corrected chi connectivity index (χ3v) is 1.88. The van der Waals surface area contributed by atoms with Gasteiger partial charge in [0.05, 0.1) is 0 Å². The molecule has 0 aromatic carbocycles. The Morgan fingerprint density at radius 3 is 2.17 bits per heavy atom. The molecule has 0 aliphatic carbocycles. The second-order valence-electron chi connectivity index (χ2n) is 2.65. The van der Waals surface area contributed by atoms with Crippen molar-refractivity contribution >= 4 is 24.4 Å². The summed E-state index contributed by atoms with van der Waals surface area (Å²) in [5.74, 6) is -0.344. The zero-order valence-electron chi connectivity index (χ0n) is 6.95. The average Bonchev–Trinajstić information content (AvgIpc) is 2.03. The predicted octanol–water partition coefficient (Wildman–Crippen LogP) is 1.52. The lowest BCUT2D eigenvalue weighted by Crippen LogP contribution is -1.99.